The molecule has 4 saturated heterocycles. The SMILES string of the molecule is CCCCN1CC(Oc2cc(F)c([C@@H]3c4[nH]c5ccccc5c4C[C@@H](C)N3CC(C)(C)CF)c(F)c2)C1.CCCCN1CC(Oc2cc(F)c([C@@H]3c4[nH]c5ccccc5c4C[C@@H](C)N3CC(C)(C)CO)c(F)c2)C1.CCCCN1CC(Oc2cc(F)c([C@@H]3c4[nH]c5ccccc5c4C[C@@H](C)N3CC(C)=O)c(F)c2)C1.CCCCN1CC(Oc2cc(F)c([C@@H]3c4[nH]c5ccccc5c4C[C@@H](C)N3CC(F)(F)F)c(F)c2)C1. The zero-order chi connectivity index (χ0) is 103. The van der Waals surface area contributed by atoms with E-state index < -0.39 is 113 Å². The third-order valence-corrected chi connectivity index (χ3v) is 30.4. The van der Waals surface area contributed by atoms with Crippen molar-refractivity contribution in [3.05, 3.63) is 259 Å². The predicted octanol–water partition coefficient (Wildman–Crippen LogP) is 23.7. The Labute approximate surface area is 842 Å². The number of carbonyl (C=O) groups excluding carboxylic acids is 1. The van der Waals surface area contributed by atoms with Crippen LogP contribution in [0.5, 0.6) is 23.0 Å². The summed E-state index contributed by atoms with van der Waals surface area (Å²) in [6.45, 7) is 34.8. The van der Waals surface area contributed by atoms with E-state index in [0.717, 1.165) is 230 Å². The van der Waals surface area contributed by atoms with Crippen molar-refractivity contribution in [2.75, 3.05) is 118 Å². The van der Waals surface area contributed by atoms with Crippen LogP contribution < -0.4 is 18.9 Å². The Morgan fingerprint density at radius 2 is 0.586 bits per heavy atom. The summed E-state index contributed by atoms with van der Waals surface area (Å²) >= 11 is 0. The van der Waals surface area contributed by atoms with Gasteiger partial charge in [0.05, 0.1) is 43.9 Å². The number of para-hydroxylation sites is 4. The molecule has 0 bridgehead atoms. The predicted molar refractivity (Wildman–Crippen MR) is 546 cm³/mol. The molecule has 780 valence electrons. The summed E-state index contributed by atoms with van der Waals surface area (Å²) in [6, 6.07) is 37.4. The number of benzene rings is 8. The molecule has 0 radical (unpaired) electrons. The number of aromatic nitrogens is 4. The molecule has 12 heterocycles. The number of ketones is 1. The maximum Gasteiger partial charge on any atom is 0.401 e. The molecule has 0 unspecified atom stereocenters. The second kappa shape index (κ2) is 44.9. The Balaban J connectivity index is 0.000000132. The number of ether oxygens (including phenoxy) is 4. The van der Waals surface area contributed by atoms with Crippen molar-refractivity contribution in [3.63, 3.8) is 0 Å². The van der Waals surface area contributed by atoms with Gasteiger partial charge in [0, 0.05) is 244 Å². The van der Waals surface area contributed by atoms with Crippen molar-refractivity contribution < 1.29 is 81.5 Å². The number of nitrogens with one attached hydrogen (secondary N) is 4. The molecule has 0 aliphatic carbocycles. The molecule has 4 fully saturated rings. The first kappa shape index (κ1) is 106. The number of alkyl halides is 4. The van der Waals surface area contributed by atoms with E-state index in [1.807, 2.05) is 131 Å². The average molecular weight is 2010 g/mol. The van der Waals surface area contributed by atoms with Gasteiger partial charge in [-0.15, -0.1) is 0 Å². The van der Waals surface area contributed by atoms with Crippen molar-refractivity contribution in [2.45, 2.75) is 246 Å². The van der Waals surface area contributed by atoms with Gasteiger partial charge in [-0.2, -0.15) is 13.2 Å². The van der Waals surface area contributed by atoms with Crippen molar-refractivity contribution in [3.8, 4) is 23.0 Å². The van der Waals surface area contributed by atoms with Crippen LogP contribution in [0, 0.1) is 57.4 Å². The number of carbonyl (C=O) groups is 1. The molecular formula is C115H140F12N12O6. The molecule has 5 N–H and O–H groups in total. The third kappa shape index (κ3) is 23.4. The minimum Gasteiger partial charge on any atom is -0.488 e. The van der Waals surface area contributed by atoms with Gasteiger partial charge in [-0.3, -0.25) is 48.4 Å². The van der Waals surface area contributed by atoms with Crippen molar-refractivity contribution in [1.29, 1.82) is 0 Å². The summed E-state index contributed by atoms with van der Waals surface area (Å²) in [5.41, 5.74) is 8.83. The first-order chi connectivity index (χ1) is 69.4. The first-order valence-corrected chi connectivity index (χ1v) is 52.1. The number of Topliss-reactive ketones (excluding diaryl/α,β-unsaturated/α-hetero) is 1. The lowest BCUT2D eigenvalue weighted by atomic mass is 9.84. The number of aromatic amines is 4. The summed E-state index contributed by atoms with van der Waals surface area (Å²) in [5.74, 6) is -4.94. The van der Waals surface area contributed by atoms with E-state index in [1.54, 1.807) is 6.92 Å². The van der Waals surface area contributed by atoms with E-state index in [4.69, 9.17) is 18.9 Å². The lowest BCUT2D eigenvalue weighted by Gasteiger charge is -2.44. The fraction of sp³-hybridized carbons (Fsp3) is 0.504. The van der Waals surface area contributed by atoms with Crippen LogP contribution >= 0.6 is 0 Å². The van der Waals surface area contributed by atoms with Crippen LogP contribution in [0.4, 0.5) is 52.7 Å². The zero-order valence-electron chi connectivity index (χ0n) is 85.6. The molecule has 0 saturated carbocycles. The highest BCUT2D eigenvalue weighted by Crippen LogP contribution is 2.51. The third-order valence-electron chi connectivity index (χ3n) is 30.4. The van der Waals surface area contributed by atoms with E-state index in [2.05, 4.69) is 96.9 Å². The standard InChI is InChI=1S/C30H38F3N3O.C30H39F2N3O2.C28H33F2N3O2.C27H30F5N3O/c1-5-6-11-35-15-21(16-35)37-20-13-24(32)27(25(33)14-20)29-28-23(22-9-7-8-10-26(22)34-28)12-19(2)36(29)18-30(3,4)17-31;1-5-6-11-34-15-21(16-34)37-20-13-24(31)27(25(32)14-20)29-28-23(22-9-7-8-10-26(22)33-28)12-19(2)35(29)17-30(3,4)18-36;1-4-5-10-32-15-20(16-32)35-19-12-23(29)26(24(30)13-19)28-27-22(11-17(2)33(28)14-18(3)34)21-8-6-7-9-25(21)31-27;1-3-4-9-34-13-18(14-34)36-17-11-21(28)24(22(29)12-17)26-25-20(19-7-5-6-8-23(19)33-25)10-16(2)35(26)15-27(30,31)32/h7-10,13-14,19,21,29,34H,5-6,11-12,15-18H2,1-4H3;7-10,13-14,19,21,29,33,36H,5-6,11-12,15-18H2,1-4H3;6-9,12-13,17,20,28,31H,4-5,10-11,14-16H2,1-3H3;5-8,11-12,16,18,26,33H,3-4,9-10,13-15H2,1-2H3/t2*19-,29-;17-,28-;16-,26-/m1111/s1. The Bertz CT molecular complexity index is 6230. The number of likely N-dealkylation sites (tertiary alicyclic amines) is 4. The van der Waals surface area contributed by atoms with Crippen molar-refractivity contribution >= 4 is 49.4 Å². The highest BCUT2D eigenvalue weighted by atomic mass is 19.4. The molecule has 8 atom stereocenters. The number of nitrogens with zero attached hydrogens (tertiary/aromatic N) is 8. The second-order valence-electron chi connectivity index (χ2n) is 43.3. The molecule has 4 aromatic heterocycles. The maximum atomic E-state index is 15.9. The topological polar surface area (TPSA) is 163 Å². The summed E-state index contributed by atoms with van der Waals surface area (Å²) < 4.78 is 204. The van der Waals surface area contributed by atoms with Gasteiger partial charge in [-0.05, 0) is 159 Å². The minimum atomic E-state index is -4.53. The maximum absolute atomic E-state index is 15.9. The lowest BCUT2D eigenvalue weighted by Crippen LogP contribution is -2.53. The molecule has 8 aliphatic heterocycles. The average Bonchev–Trinajstić information content (AvgIpc) is 1.63. The van der Waals surface area contributed by atoms with E-state index in [0.29, 0.717) is 44.7 Å². The largest absolute Gasteiger partial charge is 0.488 e. The van der Waals surface area contributed by atoms with Crippen LogP contribution in [0.3, 0.4) is 0 Å². The number of unbranched alkanes of at least 4 members (excludes halogenated alkanes) is 4. The number of H-pyrrole nitrogens is 4. The van der Waals surface area contributed by atoms with Gasteiger partial charge in [0.1, 0.15) is 99.7 Å². The second-order valence-corrected chi connectivity index (χ2v) is 43.3. The van der Waals surface area contributed by atoms with Gasteiger partial charge in [0.25, 0.3) is 0 Å². The molecule has 20 rings (SSSR count). The molecule has 12 aromatic rings. The molecular weight excluding hydrogens is 1870 g/mol. The highest BCUT2D eigenvalue weighted by Gasteiger charge is 2.49. The lowest BCUT2D eigenvalue weighted by molar-refractivity contribution is -0.155. The van der Waals surface area contributed by atoms with Gasteiger partial charge in [-0.1, -0.05) is 154 Å². The summed E-state index contributed by atoms with van der Waals surface area (Å²) in [4.78, 5) is 42.0. The molecule has 0 spiro atoms. The monoisotopic (exact) mass is 2010 g/mol. The van der Waals surface area contributed by atoms with E-state index in [1.165, 1.54) is 43.3 Å². The van der Waals surface area contributed by atoms with Gasteiger partial charge in [-0.25, -0.2) is 35.1 Å². The van der Waals surface area contributed by atoms with Gasteiger partial charge in [0.2, 0.25) is 0 Å². The smallest absolute Gasteiger partial charge is 0.401 e. The molecule has 8 aromatic carbocycles. The van der Waals surface area contributed by atoms with E-state index in [9.17, 15) is 27.5 Å². The summed E-state index contributed by atoms with van der Waals surface area (Å²) in [7, 11) is 0. The normalized spacial score (nSPS) is 21.3. The van der Waals surface area contributed by atoms with E-state index >= 15 is 35.1 Å². The fourth-order valence-corrected chi connectivity index (χ4v) is 22.8. The summed E-state index contributed by atoms with van der Waals surface area (Å²) in [6.07, 6.45) is 6.67. The minimum absolute atomic E-state index is 0.0143. The Hall–Kier alpha value is -10.4. The van der Waals surface area contributed by atoms with Crippen LogP contribution in [-0.2, 0) is 30.5 Å². The van der Waals surface area contributed by atoms with Crippen LogP contribution in [0.2, 0.25) is 0 Å². The van der Waals surface area contributed by atoms with Crippen molar-refractivity contribution in [1.82, 2.24) is 59.1 Å². The number of aliphatic hydroxyl groups is 1. The Morgan fingerprint density at radius 1 is 0.359 bits per heavy atom. The number of fused-ring (bicyclic) bond motifs is 12. The van der Waals surface area contributed by atoms with E-state index in [-0.39, 0.29) is 101 Å². The van der Waals surface area contributed by atoms with Gasteiger partial charge in [0.15, 0.2) is 0 Å². The Morgan fingerprint density at radius 3 is 0.814 bits per heavy atom. The van der Waals surface area contributed by atoms with Gasteiger partial charge >= 0.3 is 6.18 Å². The van der Waals surface area contributed by atoms with Gasteiger partial charge < -0.3 is 44.0 Å². The first-order valence-electron chi connectivity index (χ1n) is 52.1. The Kier molecular flexibility index (Phi) is 32.8. The summed E-state index contributed by atoms with van der Waals surface area (Å²) in [5, 5.41) is 14.1. The van der Waals surface area contributed by atoms with Crippen molar-refractivity contribution in [2.24, 2.45) is 10.8 Å². The quantitative estimate of drug-likeness (QED) is 0.0247. The number of aliphatic hydroxyl groups excluding tert-OH is 1. The van der Waals surface area contributed by atoms with Crippen LogP contribution in [0.15, 0.2) is 146 Å². The van der Waals surface area contributed by atoms with Crippen LogP contribution in [0.1, 0.15) is 233 Å². The highest BCUT2D eigenvalue weighted by molar-refractivity contribution is 5.89. The van der Waals surface area contributed by atoms with Crippen LogP contribution in [0.25, 0.3) is 43.6 Å². The number of rotatable bonds is 33. The number of halogens is 12. The molecule has 8 aliphatic rings. The fourth-order valence-electron chi connectivity index (χ4n) is 22.8. The zero-order valence-corrected chi connectivity index (χ0v) is 85.6. The number of hydrogen-bond donors (Lipinski definition) is 5. The number of hydrogen-bond acceptors (Lipinski definition) is 14. The molecule has 145 heavy (non-hydrogen) atoms. The molecule has 30 heteroatoms. The molecule has 18 nitrogen and oxygen atoms in total. The molecule has 0 amide bonds. The van der Waals surface area contributed by atoms with Crippen LogP contribution in [-0.4, -0.2) is 243 Å².